The van der Waals surface area contributed by atoms with Gasteiger partial charge in [0, 0.05) is 12.5 Å². The van der Waals surface area contributed by atoms with Gasteiger partial charge >= 0.3 is 0 Å². The molecule has 1 heterocycles. The number of rotatable bonds is 1. The van der Waals surface area contributed by atoms with Gasteiger partial charge in [-0.15, -0.1) is 0 Å². The molecule has 2 rings (SSSR count). The molecule has 2 N–H and O–H groups in total. The van der Waals surface area contributed by atoms with E-state index in [1.54, 1.807) is 26.0 Å². The minimum absolute atomic E-state index is 0.176. The predicted molar refractivity (Wildman–Crippen MR) is 54.5 cm³/mol. The van der Waals surface area contributed by atoms with Crippen LogP contribution in [0.3, 0.4) is 0 Å². The second kappa shape index (κ2) is 2.87. The molecule has 76 valence electrons. The highest BCUT2D eigenvalue weighted by atomic mass is 19.1. The van der Waals surface area contributed by atoms with Crippen LogP contribution in [-0.2, 0) is 0 Å². The molecule has 1 atom stereocenters. The first-order chi connectivity index (χ1) is 6.50. The Kier molecular flexibility index (Phi) is 1.91. The van der Waals surface area contributed by atoms with E-state index in [4.69, 9.17) is 0 Å². The molecule has 2 nitrogen and oxygen atoms in total. The maximum Gasteiger partial charge on any atom is 0.138 e. The molecule has 0 radical (unpaired) electrons. The zero-order valence-corrected chi connectivity index (χ0v) is 8.34. The first-order valence-electron chi connectivity index (χ1n) is 4.75. The Morgan fingerprint density at radius 2 is 2.21 bits per heavy atom. The van der Waals surface area contributed by atoms with E-state index < -0.39 is 5.67 Å². The van der Waals surface area contributed by atoms with Crippen LogP contribution in [0.2, 0.25) is 0 Å². The van der Waals surface area contributed by atoms with Crippen molar-refractivity contribution >= 4 is 5.69 Å². The Labute approximate surface area is 82.8 Å². The fraction of sp³-hybridized carbons (Fsp3) is 0.455. The second-order valence-corrected chi connectivity index (χ2v) is 4.24. The van der Waals surface area contributed by atoms with E-state index in [2.05, 4.69) is 5.32 Å². The Hall–Kier alpha value is -1.25. The fourth-order valence-corrected chi connectivity index (χ4v) is 1.97. The number of benzene rings is 1. The van der Waals surface area contributed by atoms with E-state index in [0.29, 0.717) is 12.2 Å². The molecule has 1 aliphatic heterocycles. The molecular formula is C11H14FNO. The SMILES string of the molecule is CC(C)(F)C1CNc2c(O)cccc21. The summed E-state index contributed by atoms with van der Waals surface area (Å²) in [5.74, 6) is 0.0267. The molecule has 0 aliphatic carbocycles. The molecule has 1 unspecified atom stereocenters. The first kappa shape index (κ1) is 9.31. The third-order valence-corrected chi connectivity index (χ3v) is 2.76. The van der Waals surface area contributed by atoms with Gasteiger partial charge in [0.05, 0.1) is 5.69 Å². The third-order valence-electron chi connectivity index (χ3n) is 2.76. The van der Waals surface area contributed by atoms with Gasteiger partial charge in [-0.3, -0.25) is 0 Å². The molecule has 0 fully saturated rings. The zero-order valence-electron chi connectivity index (χ0n) is 8.34. The monoisotopic (exact) mass is 195 g/mol. The van der Waals surface area contributed by atoms with E-state index in [0.717, 1.165) is 5.56 Å². The summed E-state index contributed by atoms with van der Waals surface area (Å²) in [5, 5.41) is 12.6. The highest BCUT2D eigenvalue weighted by Crippen LogP contribution is 2.43. The van der Waals surface area contributed by atoms with Crippen molar-refractivity contribution in [2.45, 2.75) is 25.4 Å². The van der Waals surface area contributed by atoms with Crippen molar-refractivity contribution in [1.82, 2.24) is 0 Å². The summed E-state index contributed by atoms with van der Waals surface area (Å²) >= 11 is 0. The van der Waals surface area contributed by atoms with E-state index >= 15 is 0 Å². The van der Waals surface area contributed by atoms with Gasteiger partial charge in [-0.2, -0.15) is 0 Å². The molecule has 0 amide bonds. The summed E-state index contributed by atoms with van der Waals surface area (Å²) in [6, 6.07) is 5.22. The number of phenolic OH excluding ortho intramolecular Hbond substituents is 1. The second-order valence-electron chi connectivity index (χ2n) is 4.24. The molecule has 1 aromatic rings. The largest absolute Gasteiger partial charge is 0.506 e. The number of alkyl halides is 1. The Morgan fingerprint density at radius 3 is 2.86 bits per heavy atom. The van der Waals surface area contributed by atoms with Gasteiger partial charge in [-0.05, 0) is 25.5 Å². The number of anilines is 1. The number of para-hydroxylation sites is 1. The van der Waals surface area contributed by atoms with Crippen molar-refractivity contribution < 1.29 is 9.50 Å². The lowest BCUT2D eigenvalue weighted by molar-refractivity contribution is 0.180. The van der Waals surface area contributed by atoms with Crippen LogP contribution in [0.5, 0.6) is 5.75 Å². The summed E-state index contributed by atoms with van der Waals surface area (Å²) in [4.78, 5) is 0. The minimum Gasteiger partial charge on any atom is -0.506 e. The van der Waals surface area contributed by atoms with Crippen LogP contribution < -0.4 is 5.32 Å². The third kappa shape index (κ3) is 1.33. The molecule has 1 aromatic carbocycles. The molecular weight excluding hydrogens is 181 g/mol. The maximum absolute atomic E-state index is 13.8. The lowest BCUT2D eigenvalue weighted by Gasteiger charge is -2.22. The molecule has 0 saturated heterocycles. The maximum atomic E-state index is 13.8. The van der Waals surface area contributed by atoms with Crippen LogP contribution in [0.25, 0.3) is 0 Å². The molecule has 0 saturated carbocycles. The fourth-order valence-electron chi connectivity index (χ4n) is 1.97. The number of fused-ring (bicyclic) bond motifs is 1. The van der Waals surface area contributed by atoms with Gasteiger partial charge < -0.3 is 10.4 Å². The van der Waals surface area contributed by atoms with Crippen LogP contribution >= 0.6 is 0 Å². The zero-order chi connectivity index (χ0) is 10.3. The highest BCUT2D eigenvalue weighted by Gasteiger charge is 2.36. The van der Waals surface area contributed by atoms with E-state index in [1.165, 1.54) is 0 Å². The molecule has 3 heteroatoms. The molecule has 1 aliphatic rings. The predicted octanol–water partition coefficient (Wildman–Crippen LogP) is 2.65. The van der Waals surface area contributed by atoms with Crippen molar-refractivity contribution in [2.24, 2.45) is 0 Å². The standard InChI is InChI=1S/C11H14FNO/c1-11(2,12)8-6-13-10-7(8)4-3-5-9(10)14/h3-5,8,13-14H,6H2,1-2H3. The highest BCUT2D eigenvalue weighted by molar-refractivity contribution is 5.66. The van der Waals surface area contributed by atoms with E-state index in [-0.39, 0.29) is 11.7 Å². The van der Waals surface area contributed by atoms with E-state index in [1.807, 2.05) is 6.07 Å². The van der Waals surface area contributed by atoms with Gasteiger partial charge in [-0.25, -0.2) is 4.39 Å². The van der Waals surface area contributed by atoms with Gasteiger partial charge in [0.25, 0.3) is 0 Å². The van der Waals surface area contributed by atoms with Crippen molar-refractivity contribution in [3.05, 3.63) is 23.8 Å². The number of hydrogen-bond donors (Lipinski definition) is 2. The van der Waals surface area contributed by atoms with Gasteiger partial charge in [0.15, 0.2) is 0 Å². The number of aromatic hydroxyl groups is 1. The Morgan fingerprint density at radius 1 is 1.50 bits per heavy atom. The van der Waals surface area contributed by atoms with Crippen LogP contribution in [0.4, 0.5) is 10.1 Å². The van der Waals surface area contributed by atoms with Crippen LogP contribution in [0.15, 0.2) is 18.2 Å². The summed E-state index contributed by atoms with van der Waals surface area (Å²) in [6.45, 7) is 3.69. The average molecular weight is 195 g/mol. The lowest BCUT2D eigenvalue weighted by atomic mass is 9.88. The smallest absolute Gasteiger partial charge is 0.138 e. The van der Waals surface area contributed by atoms with Crippen molar-refractivity contribution in [3.63, 3.8) is 0 Å². The van der Waals surface area contributed by atoms with Crippen molar-refractivity contribution in [1.29, 1.82) is 0 Å². The summed E-state index contributed by atoms with van der Waals surface area (Å²) < 4.78 is 13.8. The quantitative estimate of drug-likeness (QED) is 0.675. The summed E-state index contributed by atoms with van der Waals surface area (Å²) in [5.41, 5.74) is 0.298. The van der Waals surface area contributed by atoms with Crippen LogP contribution in [0, 0.1) is 0 Å². The van der Waals surface area contributed by atoms with Gasteiger partial charge in [-0.1, -0.05) is 12.1 Å². The summed E-state index contributed by atoms with van der Waals surface area (Å²) in [7, 11) is 0. The Bertz CT molecular complexity index is 357. The molecule has 14 heavy (non-hydrogen) atoms. The van der Waals surface area contributed by atoms with Gasteiger partial charge in [0.2, 0.25) is 0 Å². The molecule has 0 aromatic heterocycles. The van der Waals surface area contributed by atoms with Crippen LogP contribution in [-0.4, -0.2) is 17.3 Å². The van der Waals surface area contributed by atoms with Crippen molar-refractivity contribution in [2.75, 3.05) is 11.9 Å². The average Bonchev–Trinajstić information content (AvgIpc) is 2.47. The van der Waals surface area contributed by atoms with Gasteiger partial charge in [0.1, 0.15) is 11.4 Å². The number of phenols is 1. The Balaban J connectivity index is 2.45. The lowest BCUT2D eigenvalue weighted by Crippen LogP contribution is -2.25. The molecule has 0 bridgehead atoms. The number of nitrogens with one attached hydrogen (secondary N) is 1. The summed E-state index contributed by atoms with van der Waals surface area (Å²) in [6.07, 6.45) is 0. The molecule has 0 spiro atoms. The van der Waals surface area contributed by atoms with E-state index in [9.17, 15) is 9.50 Å². The van der Waals surface area contributed by atoms with Crippen LogP contribution in [0.1, 0.15) is 25.3 Å². The normalized spacial score (nSPS) is 20.4. The first-order valence-corrected chi connectivity index (χ1v) is 4.75. The number of halogens is 1. The van der Waals surface area contributed by atoms with Crippen molar-refractivity contribution in [3.8, 4) is 5.75 Å². The minimum atomic E-state index is -1.26. The number of hydrogen-bond acceptors (Lipinski definition) is 2. The topological polar surface area (TPSA) is 32.3 Å².